The Morgan fingerprint density at radius 2 is 1.59 bits per heavy atom. The molecule has 0 spiro atoms. The van der Waals surface area contributed by atoms with Crippen LogP contribution in [0.25, 0.3) is 0 Å². The van der Waals surface area contributed by atoms with Gasteiger partial charge in [-0.15, -0.1) is 0 Å². The first-order chi connectivity index (χ1) is 15.3. The summed E-state index contributed by atoms with van der Waals surface area (Å²) in [6.07, 6.45) is 0. The molecule has 2 N–H and O–H groups in total. The largest absolute Gasteiger partial charge is 0.484 e. The monoisotopic (exact) mass is 518 g/mol. The number of benzene rings is 3. The van der Waals surface area contributed by atoms with E-state index in [1.54, 1.807) is 42.5 Å². The van der Waals surface area contributed by atoms with E-state index in [0.717, 1.165) is 4.47 Å². The highest BCUT2D eigenvalue weighted by Crippen LogP contribution is 2.21. The van der Waals surface area contributed by atoms with Crippen LogP contribution in [0.4, 0.5) is 11.4 Å². The maximum absolute atomic E-state index is 12.5. The van der Waals surface area contributed by atoms with Crippen LogP contribution in [0.3, 0.4) is 0 Å². The Kier molecular flexibility index (Phi) is 7.49. The van der Waals surface area contributed by atoms with Crippen LogP contribution in [0.1, 0.15) is 10.4 Å². The summed E-state index contributed by atoms with van der Waals surface area (Å²) in [4.78, 5) is 24.0. The standard InChI is InChI=1S/C22H19BrN2O6S/c1-30-22(27)19-4-2-3-5-20(19)24-21(26)14-31-17-10-12-18(13-11-17)32(28,29)25-16-8-6-15(23)7-9-16/h2-13,25H,14H2,1H3,(H,24,26). The molecule has 0 aromatic heterocycles. The van der Waals surface area contributed by atoms with Gasteiger partial charge in [0.2, 0.25) is 0 Å². The maximum atomic E-state index is 12.5. The molecule has 0 saturated carbocycles. The number of sulfonamides is 1. The first-order valence-electron chi connectivity index (χ1n) is 9.27. The highest BCUT2D eigenvalue weighted by molar-refractivity contribution is 9.10. The van der Waals surface area contributed by atoms with Gasteiger partial charge in [-0.3, -0.25) is 9.52 Å². The lowest BCUT2D eigenvalue weighted by Crippen LogP contribution is -2.21. The Bertz CT molecular complexity index is 1210. The highest BCUT2D eigenvalue weighted by Gasteiger charge is 2.16. The first-order valence-corrected chi connectivity index (χ1v) is 11.5. The second-order valence-electron chi connectivity index (χ2n) is 6.46. The lowest BCUT2D eigenvalue weighted by atomic mass is 10.2. The van der Waals surface area contributed by atoms with Crippen molar-refractivity contribution in [2.45, 2.75) is 4.90 Å². The molecule has 166 valence electrons. The number of esters is 1. The summed E-state index contributed by atoms with van der Waals surface area (Å²) in [7, 11) is -2.52. The van der Waals surface area contributed by atoms with Crippen LogP contribution in [0.5, 0.6) is 5.75 Å². The zero-order valence-electron chi connectivity index (χ0n) is 16.9. The number of methoxy groups -OCH3 is 1. The number of carbonyl (C=O) groups is 2. The number of hydrogen-bond donors (Lipinski definition) is 2. The van der Waals surface area contributed by atoms with Crippen molar-refractivity contribution in [2.75, 3.05) is 23.8 Å². The van der Waals surface area contributed by atoms with Crippen molar-refractivity contribution in [3.63, 3.8) is 0 Å². The summed E-state index contributed by atoms with van der Waals surface area (Å²) in [5, 5.41) is 2.59. The van der Waals surface area contributed by atoms with E-state index in [-0.39, 0.29) is 17.1 Å². The summed E-state index contributed by atoms with van der Waals surface area (Å²) in [5.41, 5.74) is 0.946. The van der Waals surface area contributed by atoms with Crippen LogP contribution < -0.4 is 14.8 Å². The maximum Gasteiger partial charge on any atom is 0.339 e. The number of hydrogen-bond acceptors (Lipinski definition) is 6. The molecule has 10 heteroatoms. The van der Waals surface area contributed by atoms with Crippen LogP contribution in [0.15, 0.2) is 82.2 Å². The molecule has 0 heterocycles. The van der Waals surface area contributed by atoms with Crippen molar-refractivity contribution >= 4 is 49.2 Å². The Hall–Kier alpha value is -3.37. The molecule has 32 heavy (non-hydrogen) atoms. The number of para-hydroxylation sites is 1. The summed E-state index contributed by atoms with van der Waals surface area (Å²) in [6.45, 7) is -0.335. The minimum Gasteiger partial charge on any atom is -0.484 e. The third kappa shape index (κ3) is 6.08. The molecule has 0 aliphatic carbocycles. The van der Waals surface area contributed by atoms with E-state index < -0.39 is 21.9 Å². The molecule has 3 rings (SSSR count). The Morgan fingerprint density at radius 3 is 2.25 bits per heavy atom. The fourth-order valence-electron chi connectivity index (χ4n) is 2.66. The lowest BCUT2D eigenvalue weighted by Gasteiger charge is -2.11. The predicted molar refractivity (Wildman–Crippen MR) is 123 cm³/mol. The van der Waals surface area contributed by atoms with Gasteiger partial charge in [-0.1, -0.05) is 28.1 Å². The van der Waals surface area contributed by atoms with E-state index in [1.165, 1.54) is 37.4 Å². The predicted octanol–water partition coefficient (Wildman–Crippen LogP) is 4.05. The summed E-state index contributed by atoms with van der Waals surface area (Å²) in [6, 6.07) is 18.8. The van der Waals surface area contributed by atoms with Gasteiger partial charge in [0.1, 0.15) is 5.75 Å². The fraction of sp³-hybridized carbons (Fsp3) is 0.0909. The second-order valence-corrected chi connectivity index (χ2v) is 9.06. The van der Waals surface area contributed by atoms with Crippen LogP contribution in [-0.4, -0.2) is 34.0 Å². The second kappa shape index (κ2) is 10.3. The van der Waals surface area contributed by atoms with Gasteiger partial charge in [0.25, 0.3) is 15.9 Å². The van der Waals surface area contributed by atoms with Crippen molar-refractivity contribution in [1.82, 2.24) is 0 Å². The van der Waals surface area contributed by atoms with Gasteiger partial charge < -0.3 is 14.8 Å². The van der Waals surface area contributed by atoms with Gasteiger partial charge in [0.05, 0.1) is 23.3 Å². The van der Waals surface area contributed by atoms with E-state index in [0.29, 0.717) is 17.1 Å². The topological polar surface area (TPSA) is 111 Å². The van der Waals surface area contributed by atoms with E-state index in [4.69, 9.17) is 9.47 Å². The van der Waals surface area contributed by atoms with Crippen molar-refractivity contribution < 1.29 is 27.5 Å². The molecule has 1 amide bonds. The van der Waals surface area contributed by atoms with Crippen molar-refractivity contribution in [1.29, 1.82) is 0 Å². The van der Waals surface area contributed by atoms with Crippen molar-refractivity contribution in [3.8, 4) is 5.75 Å². The molecule has 3 aromatic carbocycles. The van der Waals surface area contributed by atoms with Gasteiger partial charge in [-0.05, 0) is 60.7 Å². The average Bonchev–Trinajstić information content (AvgIpc) is 2.79. The number of nitrogens with one attached hydrogen (secondary N) is 2. The summed E-state index contributed by atoms with van der Waals surface area (Å²) >= 11 is 3.29. The number of rotatable bonds is 8. The SMILES string of the molecule is COC(=O)c1ccccc1NC(=O)COc1ccc(S(=O)(=O)Nc2ccc(Br)cc2)cc1. The minimum absolute atomic E-state index is 0.0456. The molecule has 0 saturated heterocycles. The van der Waals surface area contributed by atoms with Crippen molar-refractivity contribution in [3.05, 3.63) is 82.8 Å². The molecule has 0 atom stereocenters. The third-order valence-electron chi connectivity index (χ3n) is 4.21. The third-order valence-corrected chi connectivity index (χ3v) is 6.13. The van der Waals surface area contributed by atoms with Gasteiger partial charge >= 0.3 is 5.97 Å². The molecule has 0 aliphatic heterocycles. The summed E-state index contributed by atoms with van der Waals surface area (Å²) < 4.78 is 38.5. The molecule has 3 aromatic rings. The average molecular weight is 519 g/mol. The Morgan fingerprint density at radius 1 is 0.938 bits per heavy atom. The number of amides is 1. The molecule has 0 unspecified atom stereocenters. The van der Waals surface area contributed by atoms with Crippen LogP contribution in [0.2, 0.25) is 0 Å². The fourth-order valence-corrected chi connectivity index (χ4v) is 3.99. The van der Waals surface area contributed by atoms with E-state index >= 15 is 0 Å². The van der Waals surface area contributed by atoms with Gasteiger partial charge in [0, 0.05) is 10.2 Å². The van der Waals surface area contributed by atoms with Crippen LogP contribution >= 0.6 is 15.9 Å². The number of anilines is 2. The van der Waals surface area contributed by atoms with E-state index in [1.807, 2.05) is 0 Å². The van der Waals surface area contributed by atoms with Gasteiger partial charge in [0.15, 0.2) is 6.61 Å². The first kappa shape index (κ1) is 23.3. The van der Waals surface area contributed by atoms with E-state index in [2.05, 4.69) is 26.0 Å². The summed E-state index contributed by atoms with van der Waals surface area (Å²) in [5.74, 6) is -0.755. The van der Waals surface area contributed by atoms with Gasteiger partial charge in [-0.2, -0.15) is 0 Å². The molecule has 0 aliphatic rings. The van der Waals surface area contributed by atoms with Crippen LogP contribution in [-0.2, 0) is 19.6 Å². The number of carbonyl (C=O) groups excluding carboxylic acids is 2. The zero-order valence-corrected chi connectivity index (χ0v) is 19.3. The molecule has 8 nitrogen and oxygen atoms in total. The normalized spacial score (nSPS) is 10.8. The smallest absolute Gasteiger partial charge is 0.339 e. The molecular formula is C22H19BrN2O6S. The molecule has 0 radical (unpaired) electrons. The highest BCUT2D eigenvalue weighted by atomic mass is 79.9. The zero-order chi connectivity index (χ0) is 23.1. The Balaban J connectivity index is 1.60. The molecule has 0 bridgehead atoms. The van der Waals surface area contributed by atoms with Crippen molar-refractivity contribution in [2.24, 2.45) is 0 Å². The van der Waals surface area contributed by atoms with Crippen LogP contribution in [0, 0.1) is 0 Å². The lowest BCUT2D eigenvalue weighted by molar-refractivity contribution is -0.118. The number of ether oxygens (including phenoxy) is 2. The minimum atomic E-state index is -3.77. The quantitative estimate of drug-likeness (QED) is 0.435. The molecular weight excluding hydrogens is 500 g/mol. The Labute approximate surface area is 193 Å². The van der Waals surface area contributed by atoms with Gasteiger partial charge in [-0.25, -0.2) is 13.2 Å². The molecule has 0 fully saturated rings. The van der Waals surface area contributed by atoms with E-state index in [9.17, 15) is 18.0 Å². The number of halogens is 1.